The minimum absolute atomic E-state index is 0.0409. The van der Waals surface area contributed by atoms with Crippen LogP contribution in [0.25, 0.3) is 11.2 Å². The molecule has 31 heavy (non-hydrogen) atoms. The summed E-state index contributed by atoms with van der Waals surface area (Å²) in [6, 6.07) is 13.8. The molecule has 0 saturated carbocycles. The van der Waals surface area contributed by atoms with E-state index >= 15 is 0 Å². The molecule has 0 saturated heterocycles. The second-order valence-corrected chi connectivity index (χ2v) is 7.98. The van der Waals surface area contributed by atoms with Gasteiger partial charge >= 0.3 is 0 Å². The summed E-state index contributed by atoms with van der Waals surface area (Å²) in [6.45, 7) is 1.88. The summed E-state index contributed by atoms with van der Waals surface area (Å²) in [5.41, 5.74) is 7.92. The van der Waals surface area contributed by atoms with Gasteiger partial charge in [0.25, 0.3) is 0 Å². The SMILES string of the molecule is CC(/C(=N/c1cccc(Cl)c1[SH](=O)=O)Nc1ccccc1)n1cnc2c(N)ncnc21. The number of nitrogens with two attached hydrogens (primary N) is 1. The van der Waals surface area contributed by atoms with Gasteiger partial charge in [0.2, 0.25) is 0 Å². The number of para-hydroxylation sites is 1. The number of hydrogen-bond donors (Lipinski definition) is 3. The highest BCUT2D eigenvalue weighted by molar-refractivity contribution is 7.72. The molecule has 3 N–H and O–H groups in total. The van der Waals surface area contributed by atoms with E-state index in [9.17, 15) is 8.42 Å². The fraction of sp³-hybridized carbons (Fsp3) is 0.100. The molecule has 2 aromatic carbocycles. The lowest BCUT2D eigenvalue weighted by atomic mass is 10.2. The highest BCUT2D eigenvalue weighted by atomic mass is 35.5. The number of aliphatic imine (C=N–C) groups is 1. The molecule has 11 heteroatoms. The smallest absolute Gasteiger partial charge is 0.171 e. The molecule has 1 atom stereocenters. The number of anilines is 2. The zero-order valence-corrected chi connectivity index (χ0v) is 18.0. The van der Waals surface area contributed by atoms with Crippen molar-refractivity contribution in [2.45, 2.75) is 17.9 Å². The molecule has 0 fully saturated rings. The minimum atomic E-state index is -2.95. The lowest BCUT2D eigenvalue weighted by molar-refractivity contribution is 0.615. The Morgan fingerprint density at radius 3 is 2.65 bits per heavy atom. The number of amidine groups is 1. The average Bonchev–Trinajstić information content (AvgIpc) is 3.19. The summed E-state index contributed by atoms with van der Waals surface area (Å²) in [4.78, 5) is 17.2. The molecule has 9 nitrogen and oxygen atoms in total. The van der Waals surface area contributed by atoms with Crippen molar-refractivity contribution in [2.24, 2.45) is 4.99 Å². The van der Waals surface area contributed by atoms with E-state index in [4.69, 9.17) is 17.3 Å². The van der Waals surface area contributed by atoms with Crippen molar-refractivity contribution < 1.29 is 8.42 Å². The molecule has 0 amide bonds. The molecule has 4 rings (SSSR count). The third-order valence-corrected chi connectivity index (χ3v) is 5.92. The van der Waals surface area contributed by atoms with E-state index < -0.39 is 16.7 Å². The van der Waals surface area contributed by atoms with E-state index in [1.54, 1.807) is 23.0 Å². The molecule has 158 valence electrons. The van der Waals surface area contributed by atoms with Crippen molar-refractivity contribution in [1.82, 2.24) is 19.5 Å². The normalized spacial score (nSPS) is 12.9. The maximum absolute atomic E-state index is 11.8. The van der Waals surface area contributed by atoms with Gasteiger partial charge in [-0.2, -0.15) is 0 Å². The topological polar surface area (TPSA) is 128 Å². The summed E-state index contributed by atoms with van der Waals surface area (Å²) in [5, 5.41) is 3.38. The van der Waals surface area contributed by atoms with Crippen LogP contribution in [0.1, 0.15) is 13.0 Å². The molecule has 0 aliphatic carbocycles. The van der Waals surface area contributed by atoms with Crippen molar-refractivity contribution in [3.63, 3.8) is 0 Å². The van der Waals surface area contributed by atoms with Gasteiger partial charge in [0.15, 0.2) is 22.2 Å². The van der Waals surface area contributed by atoms with Gasteiger partial charge in [-0.1, -0.05) is 35.9 Å². The fourth-order valence-corrected chi connectivity index (χ4v) is 4.02. The molecule has 0 bridgehead atoms. The van der Waals surface area contributed by atoms with Crippen LogP contribution in [0.4, 0.5) is 17.2 Å². The Labute approximate surface area is 184 Å². The number of imidazole rings is 1. The zero-order chi connectivity index (χ0) is 22.0. The number of halogens is 1. The highest BCUT2D eigenvalue weighted by Gasteiger charge is 2.19. The van der Waals surface area contributed by atoms with Crippen LogP contribution in [-0.4, -0.2) is 33.8 Å². The van der Waals surface area contributed by atoms with E-state index in [2.05, 4.69) is 25.3 Å². The number of nitrogens with one attached hydrogen (secondary N) is 1. The molecular formula is C20H18ClN7O2S. The first-order valence-electron chi connectivity index (χ1n) is 9.22. The van der Waals surface area contributed by atoms with E-state index in [-0.39, 0.29) is 21.4 Å². The summed E-state index contributed by atoms with van der Waals surface area (Å²) in [5.74, 6) is 0.731. The predicted molar refractivity (Wildman–Crippen MR) is 122 cm³/mol. The van der Waals surface area contributed by atoms with Crippen LogP contribution >= 0.6 is 11.6 Å². The van der Waals surface area contributed by atoms with Gasteiger partial charge in [0.05, 0.1) is 23.1 Å². The zero-order valence-electron chi connectivity index (χ0n) is 16.3. The Balaban J connectivity index is 1.86. The first-order chi connectivity index (χ1) is 15.0. The second-order valence-electron chi connectivity index (χ2n) is 6.61. The Hall–Kier alpha value is -3.50. The van der Waals surface area contributed by atoms with Crippen LogP contribution in [0.5, 0.6) is 0 Å². The number of nitrogens with zero attached hydrogens (tertiary/aromatic N) is 5. The molecule has 0 spiro atoms. The lowest BCUT2D eigenvalue weighted by Crippen LogP contribution is -2.24. The van der Waals surface area contributed by atoms with Crippen molar-refractivity contribution >= 4 is 56.5 Å². The van der Waals surface area contributed by atoms with Crippen molar-refractivity contribution in [3.05, 3.63) is 66.2 Å². The number of benzene rings is 2. The third kappa shape index (κ3) is 4.21. The van der Waals surface area contributed by atoms with Crippen LogP contribution < -0.4 is 11.1 Å². The third-order valence-electron chi connectivity index (χ3n) is 4.64. The van der Waals surface area contributed by atoms with Crippen LogP contribution in [0.3, 0.4) is 0 Å². The molecule has 0 radical (unpaired) electrons. The molecule has 0 aliphatic heterocycles. The van der Waals surface area contributed by atoms with Crippen LogP contribution in [0, 0.1) is 0 Å². The molecular weight excluding hydrogens is 438 g/mol. The standard InChI is InChI=1S/C20H18ClN7O2S/c1-12(28-11-25-16-18(22)23-10-24-20(16)28)19(26-13-6-3-2-4-7-13)27-15-9-5-8-14(21)17(15)31(29)30/h2-12,31H,1H3,(H,26,27)(H2,22,23,24). The number of nitrogen functional groups attached to an aromatic ring is 1. The maximum atomic E-state index is 11.8. The van der Waals surface area contributed by atoms with E-state index in [1.807, 2.05) is 37.3 Å². The summed E-state index contributed by atoms with van der Waals surface area (Å²) >= 11 is 6.12. The first kappa shape index (κ1) is 20.8. The molecule has 2 heterocycles. The molecule has 2 aromatic heterocycles. The Morgan fingerprint density at radius 1 is 1.13 bits per heavy atom. The van der Waals surface area contributed by atoms with E-state index in [1.165, 1.54) is 12.4 Å². The highest BCUT2D eigenvalue weighted by Crippen LogP contribution is 2.30. The van der Waals surface area contributed by atoms with Gasteiger partial charge < -0.3 is 15.6 Å². The largest absolute Gasteiger partial charge is 0.382 e. The number of hydrogen-bond acceptors (Lipinski definition) is 7. The number of rotatable bonds is 5. The van der Waals surface area contributed by atoms with Gasteiger partial charge in [-0.3, -0.25) is 0 Å². The van der Waals surface area contributed by atoms with E-state index in [0.29, 0.717) is 17.0 Å². The van der Waals surface area contributed by atoms with Crippen LogP contribution in [-0.2, 0) is 10.7 Å². The minimum Gasteiger partial charge on any atom is -0.382 e. The average molecular weight is 456 g/mol. The van der Waals surface area contributed by atoms with Gasteiger partial charge in [-0.05, 0) is 31.2 Å². The van der Waals surface area contributed by atoms with Crippen LogP contribution in [0.15, 0.2) is 71.1 Å². The molecule has 4 aromatic rings. The Morgan fingerprint density at radius 2 is 1.90 bits per heavy atom. The van der Waals surface area contributed by atoms with Gasteiger partial charge in [0.1, 0.15) is 22.6 Å². The Bertz CT molecular complexity index is 1340. The molecule has 1 unspecified atom stereocenters. The maximum Gasteiger partial charge on any atom is 0.171 e. The predicted octanol–water partition coefficient (Wildman–Crippen LogP) is 3.44. The van der Waals surface area contributed by atoms with Crippen molar-refractivity contribution in [1.29, 1.82) is 0 Å². The Kier molecular flexibility index (Phi) is 5.83. The van der Waals surface area contributed by atoms with Crippen molar-refractivity contribution in [3.8, 4) is 0 Å². The second kappa shape index (κ2) is 8.70. The fourth-order valence-electron chi connectivity index (χ4n) is 3.09. The van der Waals surface area contributed by atoms with Gasteiger partial charge in [-0.25, -0.2) is 28.4 Å². The van der Waals surface area contributed by atoms with Gasteiger partial charge in [0, 0.05) is 5.69 Å². The summed E-state index contributed by atoms with van der Waals surface area (Å²) < 4.78 is 25.4. The van der Waals surface area contributed by atoms with E-state index in [0.717, 1.165) is 5.69 Å². The number of aromatic nitrogens is 4. The van der Waals surface area contributed by atoms with Crippen LogP contribution in [0.2, 0.25) is 5.02 Å². The lowest BCUT2D eigenvalue weighted by Gasteiger charge is -2.19. The quantitative estimate of drug-likeness (QED) is 0.239. The first-order valence-corrected chi connectivity index (χ1v) is 10.8. The molecule has 0 aliphatic rings. The monoisotopic (exact) mass is 455 g/mol. The summed E-state index contributed by atoms with van der Waals surface area (Å²) in [6.07, 6.45) is 2.96. The number of thiol groups is 1. The van der Waals surface area contributed by atoms with Crippen molar-refractivity contribution in [2.75, 3.05) is 11.1 Å². The number of fused-ring (bicyclic) bond motifs is 1. The van der Waals surface area contributed by atoms with Gasteiger partial charge in [-0.15, -0.1) is 0 Å². The summed E-state index contributed by atoms with van der Waals surface area (Å²) in [7, 11) is -2.95.